The van der Waals surface area contributed by atoms with Crippen LogP contribution >= 0.6 is 0 Å². The molecule has 0 aliphatic rings. The lowest BCUT2D eigenvalue weighted by Crippen LogP contribution is -2.02. The van der Waals surface area contributed by atoms with Crippen LogP contribution < -0.4 is 10.1 Å². The topological polar surface area (TPSA) is 72.3 Å². The van der Waals surface area contributed by atoms with E-state index in [-0.39, 0.29) is 5.97 Å². The number of hydrogen-bond donors (Lipinski definition) is 1. The molecule has 39 heavy (non-hydrogen) atoms. The summed E-state index contributed by atoms with van der Waals surface area (Å²) in [6, 6.07) is 28.5. The van der Waals surface area contributed by atoms with Gasteiger partial charge in [0, 0.05) is 29.1 Å². The van der Waals surface area contributed by atoms with Gasteiger partial charge in [0.2, 0.25) is 0 Å². The van der Waals surface area contributed by atoms with E-state index in [1.807, 2.05) is 54.6 Å². The van der Waals surface area contributed by atoms with Crippen LogP contribution in [0.5, 0.6) is 5.75 Å². The lowest BCUT2D eigenvalue weighted by molar-refractivity contribution is -0.137. The number of azo groups is 1. The molecule has 200 valence electrons. The zero-order valence-electron chi connectivity index (χ0n) is 22.4. The first-order chi connectivity index (χ1) is 19.1. The normalized spacial score (nSPS) is 11.0. The average molecular weight is 522 g/mol. The van der Waals surface area contributed by atoms with E-state index in [0.29, 0.717) is 19.8 Å². The quantitative estimate of drug-likeness (QED) is 0.0778. The number of nitrogens with one attached hydrogen (secondary N) is 1. The minimum Gasteiger partial charge on any atom is -0.494 e. The molecule has 0 heterocycles. The molecular weight excluding hydrogens is 486 g/mol. The second-order valence-electron chi connectivity index (χ2n) is 9.35. The van der Waals surface area contributed by atoms with Crippen molar-refractivity contribution in [3.8, 4) is 5.75 Å². The molecule has 0 bridgehead atoms. The molecule has 6 nitrogen and oxygen atoms in total. The van der Waals surface area contributed by atoms with Crippen LogP contribution in [0, 0.1) is 6.92 Å². The Morgan fingerprint density at radius 3 is 2.28 bits per heavy atom. The minimum atomic E-state index is -0.361. The molecule has 4 rings (SSSR count). The smallest absolute Gasteiger partial charge is 0.330 e. The summed E-state index contributed by atoms with van der Waals surface area (Å²) >= 11 is 0. The van der Waals surface area contributed by atoms with Gasteiger partial charge in [0.1, 0.15) is 5.75 Å². The average Bonchev–Trinajstić information content (AvgIpc) is 2.97. The molecule has 4 aromatic rings. The molecule has 0 aromatic heterocycles. The summed E-state index contributed by atoms with van der Waals surface area (Å²) in [5, 5.41) is 14.7. The van der Waals surface area contributed by atoms with E-state index in [2.05, 4.69) is 59.4 Å². The maximum absolute atomic E-state index is 11.0. The fourth-order valence-electron chi connectivity index (χ4n) is 4.13. The van der Waals surface area contributed by atoms with Crippen molar-refractivity contribution >= 4 is 33.8 Å². The van der Waals surface area contributed by atoms with E-state index in [9.17, 15) is 4.79 Å². The van der Waals surface area contributed by atoms with Crippen LogP contribution in [0.2, 0.25) is 0 Å². The van der Waals surface area contributed by atoms with Gasteiger partial charge in [-0.3, -0.25) is 0 Å². The third-order valence-corrected chi connectivity index (χ3v) is 6.33. The molecule has 0 aliphatic carbocycles. The Balaban J connectivity index is 1.26. The first-order valence-corrected chi connectivity index (χ1v) is 13.4. The molecule has 0 unspecified atom stereocenters. The molecule has 0 spiro atoms. The van der Waals surface area contributed by atoms with E-state index < -0.39 is 0 Å². The van der Waals surface area contributed by atoms with Crippen molar-refractivity contribution in [2.75, 3.05) is 18.5 Å². The first kappa shape index (κ1) is 27.6. The van der Waals surface area contributed by atoms with Crippen molar-refractivity contribution in [3.05, 3.63) is 109 Å². The minimum absolute atomic E-state index is 0.361. The zero-order chi connectivity index (χ0) is 27.3. The van der Waals surface area contributed by atoms with Crippen molar-refractivity contribution in [2.45, 2.75) is 39.2 Å². The summed E-state index contributed by atoms with van der Waals surface area (Å²) < 4.78 is 10.9. The molecule has 0 saturated heterocycles. The van der Waals surface area contributed by atoms with Crippen LogP contribution in [-0.2, 0) is 16.1 Å². The Hall–Kier alpha value is -4.45. The number of esters is 1. The van der Waals surface area contributed by atoms with Gasteiger partial charge in [0.05, 0.1) is 24.6 Å². The number of carbonyl (C=O) groups is 1. The molecule has 0 aliphatic heterocycles. The first-order valence-electron chi connectivity index (χ1n) is 13.4. The highest BCUT2D eigenvalue weighted by atomic mass is 16.5. The maximum Gasteiger partial charge on any atom is 0.330 e. The highest BCUT2D eigenvalue weighted by Crippen LogP contribution is 2.33. The Kier molecular flexibility index (Phi) is 10.2. The largest absolute Gasteiger partial charge is 0.494 e. The molecule has 0 fully saturated rings. The van der Waals surface area contributed by atoms with Crippen molar-refractivity contribution in [1.82, 2.24) is 0 Å². The summed E-state index contributed by atoms with van der Waals surface area (Å²) in [5.74, 6) is 0.507. The van der Waals surface area contributed by atoms with Crippen molar-refractivity contribution in [2.24, 2.45) is 10.2 Å². The molecular formula is C33H35N3O3. The number of unbranched alkanes of at least 4 members (excludes halogenated alkanes) is 3. The van der Waals surface area contributed by atoms with Crippen molar-refractivity contribution < 1.29 is 14.3 Å². The third kappa shape index (κ3) is 8.54. The lowest BCUT2D eigenvalue weighted by atomic mass is 10.1. The molecule has 0 atom stereocenters. The van der Waals surface area contributed by atoms with Gasteiger partial charge in [0.15, 0.2) is 0 Å². The number of fused-ring (bicyclic) bond motifs is 1. The van der Waals surface area contributed by atoms with Crippen LogP contribution in [0.15, 0.2) is 108 Å². The van der Waals surface area contributed by atoms with Gasteiger partial charge < -0.3 is 14.8 Å². The Bertz CT molecular complexity index is 1400. The monoisotopic (exact) mass is 521 g/mol. The molecule has 0 amide bonds. The molecule has 4 aromatic carbocycles. The fourth-order valence-corrected chi connectivity index (χ4v) is 4.13. The zero-order valence-corrected chi connectivity index (χ0v) is 22.4. The maximum atomic E-state index is 11.0. The van der Waals surface area contributed by atoms with E-state index in [0.717, 1.165) is 59.3 Å². The van der Waals surface area contributed by atoms with E-state index in [1.54, 1.807) is 0 Å². The van der Waals surface area contributed by atoms with E-state index >= 15 is 0 Å². The summed E-state index contributed by atoms with van der Waals surface area (Å²) in [6.07, 6.45) is 5.05. The highest BCUT2D eigenvalue weighted by molar-refractivity contribution is 6.00. The van der Waals surface area contributed by atoms with Crippen LogP contribution in [0.25, 0.3) is 10.8 Å². The molecule has 0 saturated carbocycles. The second kappa shape index (κ2) is 14.5. The number of benzene rings is 4. The van der Waals surface area contributed by atoms with Crippen LogP contribution in [0.4, 0.5) is 17.1 Å². The predicted octanol–water partition coefficient (Wildman–Crippen LogP) is 8.84. The highest BCUT2D eigenvalue weighted by Gasteiger charge is 2.06. The van der Waals surface area contributed by atoms with Gasteiger partial charge in [0.25, 0.3) is 0 Å². The van der Waals surface area contributed by atoms with Gasteiger partial charge in [-0.05, 0) is 74.6 Å². The lowest BCUT2D eigenvalue weighted by Gasteiger charge is -2.12. The molecule has 1 N–H and O–H groups in total. The second-order valence-corrected chi connectivity index (χ2v) is 9.35. The number of aryl methyl sites for hydroxylation is 1. The van der Waals surface area contributed by atoms with Gasteiger partial charge in [-0.25, -0.2) is 4.79 Å². The molecule has 0 radical (unpaired) electrons. The summed E-state index contributed by atoms with van der Waals surface area (Å²) in [5.41, 5.74) is 5.10. The Morgan fingerprint density at radius 2 is 1.54 bits per heavy atom. The number of carbonyl (C=O) groups excluding carboxylic acids is 1. The summed E-state index contributed by atoms with van der Waals surface area (Å²) in [7, 11) is 0. The number of hydrogen-bond acceptors (Lipinski definition) is 6. The van der Waals surface area contributed by atoms with E-state index in [4.69, 9.17) is 9.47 Å². The summed E-state index contributed by atoms with van der Waals surface area (Å²) in [6.45, 7) is 7.26. The number of nitrogens with zero attached hydrogens (tertiary/aromatic N) is 2. The van der Waals surface area contributed by atoms with Crippen LogP contribution in [0.3, 0.4) is 0 Å². The SMILES string of the molecule is C=CC(=O)OCCCCCCOc1ccc(CNc2ccc(N=Nc3ccc(C)cc3)c3ccccc23)cc1. The van der Waals surface area contributed by atoms with Crippen LogP contribution in [-0.4, -0.2) is 19.2 Å². The number of ether oxygens (including phenoxy) is 2. The summed E-state index contributed by atoms with van der Waals surface area (Å²) in [4.78, 5) is 11.0. The van der Waals surface area contributed by atoms with Gasteiger partial charge in [-0.1, -0.05) is 60.7 Å². The fraction of sp³-hybridized carbons (Fsp3) is 0.242. The number of rotatable bonds is 14. The standard InChI is InChI=1S/C33H35N3O3/c1-3-33(37)39-23-9-5-4-8-22-38-28-18-14-26(15-19-28)24-34-31-20-21-32(30-11-7-6-10-29(30)31)36-35-27-16-12-25(2)13-17-27/h3,6-7,10-21,34H,1,4-5,8-9,22-24H2,2H3. The van der Waals surface area contributed by atoms with Crippen molar-refractivity contribution in [3.63, 3.8) is 0 Å². The van der Waals surface area contributed by atoms with E-state index in [1.165, 1.54) is 17.2 Å². The number of anilines is 1. The Labute approximate surface area is 230 Å². The Morgan fingerprint density at radius 1 is 0.821 bits per heavy atom. The third-order valence-electron chi connectivity index (χ3n) is 6.33. The van der Waals surface area contributed by atoms with Crippen LogP contribution in [0.1, 0.15) is 36.8 Å². The molecule has 6 heteroatoms. The van der Waals surface area contributed by atoms with Gasteiger partial charge in [-0.2, -0.15) is 5.11 Å². The predicted molar refractivity (Wildman–Crippen MR) is 158 cm³/mol. The van der Waals surface area contributed by atoms with Crippen molar-refractivity contribution in [1.29, 1.82) is 0 Å². The van der Waals surface area contributed by atoms with Gasteiger partial charge >= 0.3 is 5.97 Å². The van der Waals surface area contributed by atoms with Gasteiger partial charge in [-0.15, -0.1) is 5.11 Å².